The van der Waals surface area contributed by atoms with E-state index in [1.165, 1.54) is 25.8 Å². The zero-order chi connectivity index (χ0) is 11.0. The fourth-order valence-corrected chi connectivity index (χ4v) is 1.59. The van der Waals surface area contributed by atoms with E-state index in [1.807, 2.05) is 0 Å². The second-order valence-corrected chi connectivity index (χ2v) is 4.80. The molecule has 0 rings (SSSR count). The van der Waals surface area contributed by atoms with Crippen molar-refractivity contribution in [2.45, 2.75) is 46.1 Å². The van der Waals surface area contributed by atoms with Gasteiger partial charge in [-0.1, -0.05) is 27.2 Å². The topological polar surface area (TPSA) is 15.3 Å². The number of unbranched alkanes of at least 4 members (excludes halogenated alkanes) is 1. The van der Waals surface area contributed by atoms with Crippen molar-refractivity contribution in [2.24, 2.45) is 5.92 Å². The molecule has 0 saturated heterocycles. The predicted octanol–water partition coefficient (Wildman–Crippen LogP) is 2.35. The second kappa shape index (κ2) is 8.25. The summed E-state index contributed by atoms with van der Waals surface area (Å²) >= 11 is 0. The van der Waals surface area contributed by atoms with E-state index < -0.39 is 0 Å². The van der Waals surface area contributed by atoms with Gasteiger partial charge in [-0.3, -0.25) is 0 Å². The maximum absolute atomic E-state index is 3.53. The van der Waals surface area contributed by atoms with Crippen molar-refractivity contribution in [1.29, 1.82) is 0 Å². The molecule has 1 unspecified atom stereocenters. The Balaban J connectivity index is 3.63. The van der Waals surface area contributed by atoms with Gasteiger partial charge in [0.2, 0.25) is 0 Å². The van der Waals surface area contributed by atoms with Crippen LogP contribution in [0.2, 0.25) is 0 Å². The highest BCUT2D eigenvalue weighted by molar-refractivity contribution is 4.70. The first-order valence-electron chi connectivity index (χ1n) is 5.95. The van der Waals surface area contributed by atoms with Crippen LogP contribution in [0.5, 0.6) is 0 Å². The van der Waals surface area contributed by atoms with Gasteiger partial charge in [0.25, 0.3) is 0 Å². The van der Waals surface area contributed by atoms with E-state index >= 15 is 0 Å². The molecule has 0 aromatic rings. The molecule has 1 N–H and O–H groups in total. The predicted molar refractivity (Wildman–Crippen MR) is 64.7 cm³/mol. The average Bonchev–Trinajstić information content (AvgIpc) is 2.09. The minimum absolute atomic E-state index is 0.687. The third kappa shape index (κ3) is 7.34. The summed E-state index contributed by atoms with van der Waals surface area (Å²) in [5, 5.41) is 3.53. The van der Waals surface area contributed by atoms with E-state index in [0.29, 0.717) is 6.04 Å². The number of hydrogen-bond donors (Lipinski definition) is 1. The van der Waals surface area contributed by atoms with Crippen LogP contribution in [-0.4, -0.2) is 38.1 Å². The molecule has 0 aliphatic heterocycles. The molecule has 0 aliphatic carbocycles. The summed E-state index contributed by atoms with van der Waals surface area (Å²) in [6.07, 6.45) is 3.86. The third-order valence-electron chi connectivity index (χ3n) is 2.56. The largest absolute Gasteiger partial charge is 0.315 e. The third-order valence-corrected chi connectivity index (χ3v) is 2.56. The second-order valence-electron chi connectivity index (χ2n) is 4.80. The molecule has 2 heteroatoms. The highest BCUT2D eigenvalue weighted by atomic mass is 15.1. The van der Waals surface area contributed by atoms with Gasteiger partial charge in [-0.2, -0.15) is 0 Å². The van der Waals surface area contributed by atoms with Crippen molar-refractivity contribution in [3.8, 4) is 0 Å². The van der Waals surface area contributed by atoms with Crippen molar-refractivity contribution in [3.63, 3.8) is 0 Å². The van der Waals surface area contributed by atoms with Gasteiger partial charge < -0.3 is 10.2 Å². The lowest BCUT2D eigenvalue weighted by atomic mass is 10.0. The summed E-state index contributed by atoms with van der Waals surface area (Å²) in [4.78, 5) is 2.33. The van der Waals surface area contributed by atoms with Crippen LogP contribution in [-0.2, 0) is 0 Å². The summed E-state index contributed by atoms with van der Waals surface area (Å²) in [5.74, 6) is 0.787. The highest BCUT2D eigenvalue weighted by Crippen LogP contribution is 2.07. The normalized spacial score (nSPS) is 13.9. The van der Waals surface area contributed by atoms with Gasteiger partial charge in [-0.05, 0) is 39.4 Å². The van der Waals surface area contributed by atoms with Gasteiger partial charge in [0.15, 0.2) is 0 Å². The summed E-state index contributed by atoms with van der Waals surface area (Å²) < 4.78 is 0. The van der Waals surface area contributed by atoms with Crippen LogP contribution in [0.1, 0.15) is 40.0 Å². The van der Waals surface area contributed by atoms with E-state index in [1.54, 1.807) is 0 Å². The molecule has 0 saturated carbocycles. The molecular weight excluding hydrogens is 172 g/mol. The molecule has 0 aromatic carbocycles. The van der Waals surface area contributed by atoms with Gasteiger partial charge >= 0.3 is 0 Å². The number of nitrogens with one attached hydrogen (secondary N) is 1. The minimum Gasteiger partial charge on any atom is -0.315 e. The van der Waals surface area contributed by atoms with E-state index in [4.69, 9.17) is 0 Å². The van der Waals surface area contributed by atoms with Gasteiger partial charge in [0.05, 0.1) is 0 Å². The zero-order valence-electron chi connectivity index (χ0n) is 10.6. The average molecular weight is 200 g/mol. The Morgan fingerprint density at radius 3 is 2.29 bits per heavy atom. The highest BCUT2D eigenvalue weighted by Gasteiger charge is 2.12. The molecule has 0 radical (unpaired) electrons. The first-order valence-corrected chi connectivity index (χ1v) is 5.95. The molecule has 0 heterocycles. The Morgan fingerprint density at radius 2 is 1.86 bits per heavy atom. The Labute approximate surface area is 90.1 Å². The fraction of sp³-hybridized carbons (Fsp3) is 1.00. The lowest BCUT2D eigenvalue weighted by Gasteiger charge is -2.26. The van der Waals surface area contributed by atoms with E-state index in [-0.39, 0.29) is 0 Å². The lowest BCUT2D eigenvalue weighted by Crippen LogP contribution is -2.39. The van der Waals surface area contributed by atoms with E-state index in [2.05, 4.69) is 45.1 Å². The van der Waals surface area contributed by atoms with Crippen LogP contribution in [0.3, 0.4) is 0 Å². The van der Waals surface area contributed by atoms with Gasteiger partial charge in [0.1, 0.15) is 0 Å². The van der Waals surface area contributed by atoms with Gasteiger partial charge in [-0.15, -0.1) is 0 Å². The van der Waals surface area contributed by atoms with Gasteiger partial charge in [-0.25, -0.2) is 0 Å². The maximum atomic E-state index is 3.53. The molecule has 0 aromatic heterocycles. The Hall–Kier alpha value is -0.0800. The monoisotopic (exact) mass is 200 g/mol. The molecule has 1 atom stereocenters. The van der Waals surface area contributed by atoms with Crippen molar-refractivity contribution in [3.05, 3.63) is 0 Å². The molecule has 0 bridgehead atoms. The van der Waals surface area contributed by atoms with Crippen LogP contribution in [0.25, 0.3) is 0 Å². The molecule has 2 nitrogen and oxygen atoms in total. The maximum Gasteiger partial charge on any atom is 0.0216 e. The summed E-state index contributed by atoms with van der Waals surface area (Å²) in [7, 11) is 4.35. The molecule has 0 spiro atoms. The molecule has 14 heavy (non-hydrogen) atoms. The molecular formula is C12H28N2. The first kappa shape index (κ1) is 13.9. The number of likely N-dealkylation sites (N-methyl/N-ethyl adjacent to an activating group) is 1. The van der Waals surface area contributed by atoms with Crippen LogP contribution in [0.4, 0.5) is 0 Å². The summed E-state index contributed by atoms with van der Waals surface area (Å²) in [5.41, 5.74) is 0. The summed E-state index contributed by atoms with van der Waals surface area (Å²) in [6.45, 7) is 9.12. The van der Waals surface area contributed by atoms with E-state index in [0.717, 1.165) is 12.5 Å². The standard InChI is InChI=1S/C12H28N2/c1-6-7-8-13-10-12(14(4)5)9-11(2)3/h11-13H,6-10H2,1-5H3. The number of hydrogen-bond acceptors (Lipinski definition) is 2. The zero-order valence-corrected chi connectivity index (χ0v) is 10.6. The van der Waals surface area contributed by atoms with Crippen molar-refractivity contribution in [1.82, 2.24) is 10.2 Å². The van der Waals surface area contributed by atoms with Crippen molar-refractivity contribution < 1.29 is 0 Å². The number of rotatable bonds is 8. The SMILES string of the molecule is CCCCNCC(CC(C)C)N(C)C. The van der Waals surface area contributed by atoms with Crippen LogP contribution >= 0.6 is 0 Å². The molecule has 86 valence electrons. The number of nitrogens with zero attached hydrogens (tertiary/aromatic N) is 1. The minimum atomic E-state index is 0.687. The molecule has 0 amide bonds. The van der Waals surface area contributed by atoms with Crippen molar-refractivity contribution in [2.75, 3.05) is 27.2 Å². The molecule has 0 fully saturated rings. The quantitative estimate of drug-likeness (QED) is 0.605. The summed E-state index contributed by atoms with van der Waals surface area (Å²) in [6, 6.07) is 0.687. The first-order chi connectivity index (χ1) is 6.57. The Kier molecular flexibility index (Phi) is 8.20. The fourth-order valence-electron chi connectivity index (χ4n) is 1.59. The molecule has 0 aliphatic rings. The van der Waals surface area contributed by atoms with Crippen LogP contribution < -0.4 is 5.32 Å². The van der Waals surface area contributed by atoms with Gasteiger partial charge in [0, 0.05) is 12.6 Å². The lowest BCUT2D eigenvalue weighted by molar-refractivity contribution is 0.247. The van der Waals surface area contributed by atoms with E-state index in [9.17, 15) is 0 Å². The van der Waals surface area contributed by atoms with Crippen LogP contribution in [0.15, 0.2) is 0 Å². The Morgan fingerprint density at radius 1 is 1.21 bits per heavy atom. The van der Waals surface area contributed by atoms with Crippen molar-refractivity contribution >= 4 is 0 Å². The van der Waals surface area contributed by atoms with Crippen LogP contribution in [0, 0.1) is 5.92 Å². The smallest absolute Gasteiger partial charge is 0.0216 e. The Bertz CT molecular complexity index is 121.